The molecular formula is C22H32N2O2. The molecule has 1 aromatic rings. The van der Waals surface area contributed by atoms with Crippen molar-refractivity contribution in [1.29, 1.82) is 0 Å². The van der Waals surface area contributed by atoms with Crippen LogP contribution in [0.5, 0.6) is 0 Å². The Morgan fingerprint density at radius 1 is 0.923 bits per heavy atom. The van der Waals surface area contributed by atoms with E-state index in [-0.39, 0.29) is 11.8 Å². The number of benzene rings is 1. The van der Waals surface area contributed by atoms with Crippen LogP contribution in [0.2, 0.25) is 0 Å². The van der Waals surface area contributed by atoms with E-state index in [9.17, 15) is 9.59 Å². The Hall–Kier alpha value is -1.84. The molecular weight excluding hydrogens is 324 g/mol. The summed E-state index contributed by atoms with van der Waals surface area (Å²) in [5, 5.41) is 0. The summed E-state index contributed by atoms with van der Waals surface area (Å²) < 4.78 is 0. The van der Waals surface area contributed by atoms with E-state index in [0.717, 1.165) is 18.4 Å². The third kappa shape index (κ3) is 4.87. The van der Waals surface area contributed by atoms with Gasteiger partial charge in [-0.2, -0.15) is 0 Å². The molecule has 0 unspecified atom stereocenters. The van der Waals surface area contributed by atoms with Crippen LogP contribution in [-0.4, -0.2) is 47.8 Å². The van der Waals surface area contributed by atoms with Gasteiger partial charge in [0.2, 0.25) is 11.8 Å². The predicted octanol–water partition coefficient (Wildman–Crippen LogP) is 3.21. The number of aryl methyl sites for hydroxylation is 2. The first kappa shape index (κ1) is 18.9. The van der Waals surface area contributed by atoms with Gasteiger partial charge in [0.1, 0.15) is 0 Å². The van der Waals surface area contributed by atoms with Gasteiger partial charge in [-0.25, -0.2) is 0 Å². The average molecular weight is 357 g/mol. The molecule has 0 spiro atoms. The van der Waals surface area contributed by atoms with E-state index in [0.29, 0.717) is 44.9 Å². The summed E-state index contributed by atoms with van der Waals surface area (Å²) in [6, 6.07) is 6.56. The van der Waals surface area contributed by atoms with E-state index < -0.39 is 0 Å². The monoisotopic (exact) mass is 356 g/mol. The van der Waals surface area contributed by atoms with E-state index in [1.807, 2.05) is 9.80 Å². The molecule has 0 aromatic heterocycles. The molecule has 1 saturated heterocycles. The van der Waals surface area contributed by atoms with E-state index >= 15 is 0 Å². The second kappa shape index (κ2) is 8.70. The lowest BCUT2D eigenvalue weighted by atomic mass is 9.90. The van der Waals surface area contributed by atoms with Gasteiger partial charge in [0.05, 0.1) is 6.42 Å². The van der Waals surface area contributed by atoms with E-state index in [1.54, 1.807) is 0 Å². The number of carbonyl (C=O) groups excluding carboxylic acids is 2. The zero-order chi connectivity index (χ0) is 18.5. The van der Waals surface area contributed by atoms with Crippen LogP contribution in [0.15, 0.2) is 18.2 Å². The fraction of sp³-hybridized carbons (Fsp3) is 0.636. The second-order valence-electron chi connectivity index (χ2n) is 8.18. The van der Waals surface area contributed by atoms with Gasteiger partial charge in [-0.15, -0.1) is 0 Å². The predicted molar refractivity (Wildman–Crippen MR) is 104 cm³/mol. The number of hydrogen-bond acceptors (Lipinski definition) is 2. The largest absolute Gasteiger partial charge is 0.339 e. The van der Waals surface area contributed by atoms with Crippen molar-refractivity contribution in [1.82, 2.24) is 9.80 Å². The number of nitrogens with zero attached hydrogens (tertiary/aromatic N) is 2. The molecule has 0 atom stereocenters. The number of carbonyl (C=O) groups is 2. The highest BCUT2D eigenvalue weighted by Gasteiger charge is 2.24. The minimum Gasteiger partial charge on any atom is -0.339 e. The smallest absolute Gasteiger partial charge is 0.227 e. The van der Waals surface area contributed by atoms with Crippen LogP contribution in [-0.2, 0) is 28.9 Å². The quantitative estimate of drug-likeness (QED) is 0.813. The van der Waals surface area contributed by atoms with Crippen LogP contribution in [0.25, 0.3) is 0 Å². The maximum Gasteiger partial charge on any atom is 0.227 e. The highest BCUT2D eigenvalue weighted by Crippen LogP contribution is 2.22. The Kier molecular flexibility index (Phi) is 6.33. The molecule has 3 rings (SSSR count). The average Bonchev–Trinajstić information content (AvgIpc) is 2.66. The number of fused-ring (bicyclic) bond motifs is 1. The minimum atomic E-state index is 0.190. The van der Waals surface area contributed by atoms with Crippen molar-refractivity contribution in [3.63, 3.8) is 0 Å². The van der Waals surface area contributed by atoms with Gasteiger partial charge in [-0.05, 0) is 54.7 Å². The highest BCUT2D eigenvalue weighted by molar-refractivity contribution is 5.80. The summed E-state index contributed by atoms with van der Waals surface area (Å²) in [6.07, 6.45) is 6.92. The molecule has 2 aliphatic rings. The Morgan fingerprint density at radius 2 is 1.54 bits per heavy atom. The Morgan fingerprint density at radius 3 is 2.19 bits per heavy atom. The molecule has 1 fully saturated rings. The van der Waals surface area contributed by atoms with Gasteiger partial charge < -0.3 is 9.80 Å². The fourth-order valence-electron chi connectivity index (χ4n) is 3.96. The molecule has 4 heteroatoms. The lowest BCUT2D eigenvalue weighted by molar-refractivity contribution is -0.139. The number of piperazine rings is 1. The van der Waals surface area contributed by atoms with Crippen LogP contribution in [0.1, 0.15) is 56.2 Å². The third-order valence-corrected chi connectivity index (χ3v) is 5.69. The molecule has 0 saturated carbocycles. The van der Waals surface area contributed by atoms with E-state index in [1.165, 1.54) is 30.4 Å². The van der Waals surface area contributed by atoms with Gasteiger partial charge in [-0.3, -0.25) is 9.59 Å². The van der Waals surface area contributed by atoms with Crippen LogP contribution in [0, 0.1) is 5.92 Å². The summed E-state index contributed by atoms with van der Waals surface area (Å²) in [4.78, 5) is 28.7. The first-order chi connectivity index (χ1) is 12.5. The normalized spacial score (nSPS) is 17.3. The zero-order valence-electron chi connectivity index (χ0n) is 16.3. The van der Waals surface area contributed by atoms with Gasteiger partial charge in [0, 0.05) is 32.6 Å². The van der Waals surface area contributed by atoms with Crippen molar-refractivity contribution in [2.45, 2.75) is 58.8 Å². The van der Waals surface area contributed by atoms with Crippen molar-refractivity contribution in [2.24, 2.45) is 5.92 Å². The Labute approximate surface area is 157 Å². The Balaban J connectivity index is 1.48. The molecule has 1 aliphatic heterocycles. The maximum atomic E-state index is 12.6. The van der Waals surface area contributed by atoms with Crippen LogP contribution >= 0.6 is 0 Å². The van der Waals surface area contributed by atoms with Gasteiger partial charge in [0.25, 0.3) is 0 Å². The molecule has 0 radical (unpaired) electrons. The van der Waals surface area contributed by atoms with Crippen LogP contribution in [0.4, 0.5) is 0 Å². The topological polar surface area (TPSA) is 40.6 Å². The molecule has 1 aliphatic carbocycles. The van der Waals surface area contributed by atoms with Gasteiger partial charge in [-0.1, -0.05) is 32.0 Å². The molecule has 2 amide bonds. The summed E-state index contributed by atoms with van der Waals surface area (Å²) in [7, 11) is 0. The third-order valence-electron chi connectivity index (χ3n) is 5.69. The van der Waals surface area contributed by atoms with Crippen LogP contribution < -0.4 is 0 Å². The molecule has 0 bridgehead atoms. The van der Waals surface area contributed by atoms with Crippen LogP contribution in [0.3, 0.4) is 0 Å². The first-order valence-electron chi connectivity index (χ1n) is 10.2. The van der Waals surface area contributed by atoms with Crippen molar-refractivity contribution < 1.29 is 9.59 Å². The summed E-state index contributed by atoms with van der Waals surface area (Å²) >= 11 is 0. The summed E-state index contributed by atoms with van der Waals surface area (Å²) in [5.74, 6) is 0.981. The second-order valence-corrected chi connectivity index (χ2v) is 8.18. The molecule has 1 heterocycles. The molecule has 142 valence electrons. The lowest BCUT2D eigenvalue weighted by Crippen LogP contribution is -2.51. The zero-order valence-corrected chi connectivity index (χ0v) is 16.3. The van der Waals surface area contributed by atoms with Gasteiger partial charge >= 0.3 is 0 Å². The number of rotatable bonds is 5. The van der Waals surface area contributed by atoms with Gasteiger partial charge in [0.15, 0.2) is 0 Å². The van der Waals surface area contributed by atoms with Crippen molar-refractivity contribution in [3.8, 4) is 0 Å². The standard InChI is InChI=1S/C22H32N2O2/c1-17(2)7-10-21(25)23-11-13-24(14-12-23)22(26)16-18-8-9-19-5-3-4-6-20(19)15-18/h8-9,15,17H,3-7,10-14,16H2,1-2H3. The van der Waals surface area contributed by atoms with E-state index in [2.05, 4.69) is 32.0 Å². The molecule has 26 heavy (non-hydrogen) atoms. The molecule has 1 aromatic carbocycles. The first-order valence-corrected chi connectivity index (χ1v) is 10.2. The molecule has 4 nitrogen and oxygen atoms in total. The Bertz CT molecular complexity index is 646. The number of hydrogen-bond donors (Lipinski definition) is 0. The maximum absolute atomic E-state index is 12.6. The lowest BCUT2D eigenvalue weighted by Gasteiger charge is -2.35. The van der Waals surface area contributed by atoms with Crippen molar-refractivity contribution in [2.75, 3.05) is 26.2 Å². The molecule has 0 N–H and O–H groups in total. The van der Waals surface area contributed by atoms with Crippen molar-refractivity contribution in [3.05, 3.63) is 34.9 Å². The minimum absolute atomic E-state index is 0.190. The number of amides is 2. The summed E-state index contributed by atoms with van der Waals surface area (Å²) in [6.45, 7) is 6.96. The highest BCUT2D eigenvalue weighted by atomic mass is 16.2. The SMILES string of the molecule is CC(C)CCC(=O)N1CCN(C(=O)Cc2ccc3c(c2)CCCC3)CC1. The van der Waals surface area contributed by atoms with E-state index in [4.69, 9.17) is 0 Å². The van der Waals surface area contributed by atoms with Crippen molar-refractivity contribution >= 4 is 11.8 Å². The fourth-order valence-corrected chi connectivity index (χ4v) is 3.96. The summed E-state index contributed by atoms with van der Waals surface area (Å²) in [5.41, 5.74) is 4.02.